The van der Waals surface area contributed by atoms with Crippen LogP contribution >= 0.6 is 0 Å². The minimum atomic E-state index is -3.64. The van der Waals surface area contributed by atoms with Crippen molar-refractivity contribution >= 4 is 15.7 Å². The third kappa shape index (κ3) is 3.41. The summed E-state index contributed by atoms with van der Waals surface area (Å²) in [5, 5.41) is 0. The van der Waals surface area contributed by atoms with Gasteiger partial charge < -0.3 is 10.2 Å². The van der Waals surface area contributed by atoms with Crippen molar-refractivity contribution in [2.24, 2.45) is 5.84 Å². The Kier molecular flexibility index (Phi) is 4.35. The average Bonchev–Trinajstić information content (AvgIpc) is 2.38. The number of sulfonamides is 1. The van der Waals surface area contributed by atoms with E-state index in [1.807, 2.05) is 6.92 Å². The molecule has 106 valence electrons. The van der Waals surface area contributed by atoms with Crippen molar-refractivity contribution in [3.05, 3.63) is 18.5 Å². The lowest BCUT2D eigenvalue weighted by molar-refractivity contribution is 0.0173. The number of rotatable bonds is 4. The van der Waals surface area contributed by atoms with Gasteiger partial charge in [-0.05, 0) is 25.8 Å². The van der Waals surface area contributed by atoms with Gasteiger partial charge in [0, 0.05) is 25.0 Å². The zero-order valence-electron chi connectivity index (χ0n) is 10.7. The van der Waals surface area contributed by atoms with Crippen LogP contribution in [0.1, 0.15) is 19.8 Å². The van der Waals surface area contributed by atoms with E-state index in [1.165, 1.54) is 18.5 Å². The van der Waals surface area contributed by atoms with Crippen molar-refractivity contribution in [3.63, 3.8) is 0 Å². The molecule has 0 aromatic carbocycles. The van der Waals surface area contributed by atoms with Gasteiger partial charge in [0.1, 0.15) is 4.90 Å². The number of nitrogens with zero attached hydrogens (tertiary/aromatic N) is 1. The lowest BCUT2D eigenvalue weighted by Crippen LogP contribution is -2.41. The first-order valence-corrected chi connectivity index (χ1v) is 7.56. The topological polar surface area (TPSA) is 106 Å². The molecule has 1 aromatic heterocycles. The van der Waals surface area contributed by atoms with Crippen LogP contribution in [0.3, 0.4) is 0 Å². The molecule has 1 aliphatic heterocycles. The van der Waals surface area contributed by atoms with E-state index < -0.39 is 10.0 Å². The van der Waals surface area contributed by atoms with Gasteiger partial charge in [0.25, 0.3) is 0 Å². The lowest BCUT2D eigenvalue weighted by atomic mass is 10.1. The van der Waals surface area contributed by atoms with Crippen molar-refractivity contribution in [1.82, 2.24) is 9.71 Å². The maximum Gasteiger partial charge on any atom is 0.244 e. The molecule has 1 saturated heterocycles. The Morgan fingerprint density at radius 2 is 2.32 bits per heavy atom. The van der Waals surface area contributed by atoms with E-state index in [2.05, 4.69) is 15.1 Å². The van der Waals surface area contributed by atoms with Gasteiger partial charge in [-0.1, -0.05) is 0 Å². The van der Waals surface area contributed by atoms with E-state index in [1.54, 1.807) is 0 Å². The number of hydrogen-bond donors (Lipinski definition) is 3. The largest absolute Gasteiger partial charge is 0.378 e. The van der Waals surface area contributed by atoms with Crippen LogP contribution in [-0.2, 0) is 14.8 Å². The Morgan fingerprint density at radius 1 is 1.53 bits per heavy atom. The first-order chi connectivity index (χ1) is 9.03. The predicted molar refractivity (Wildman–Crippen MR) is 70.8 cm³/mol. The molecule has 1 aliphatic rings. The molecule has 2 atom stereocenters. The Labute approximate surface area is 112 Å². The molecule has 1 fully saturated rings. The molecule has 2 unspecified atom stereocenters. The Hall–Kier alpha value is -1.22. The summed E-state index contributed by atoms with van der Waals surface area (Å²) in [5.41, 5.74) is 2.69. The van der Waals surface area contributed by atoms with E-state index in [-0.39, 0.29) is 17.0 Å². The van der Waals surface area contributed by atoms with E-state index in [0.717, 1.165) is 0 Å². The number of ether oxygens (including phenoxy) is 1. The van der Waals surface area contributed by atoms with Gasteiger partial charge in [-0.2, -0.15) is 0 Å². The average molecular weight is 286 g/mol. The summed E-state index contributed by atoms with van der Waals surface area (Å²) in [5.74, 6) is 5.31. The molecule has 1 aromatic rings. The number of pyridine rings is 1. The number of hydrazine groups is 1. The first kappa shape index (κ1) is 14.2. The van der Waals surface area contributed by atoms with Gasteiger partial charge in [-0.15, -0.1) is 0 Å². The Morgan fingerprint density at radius 3 is 3.00 bits per heavy atom. The van der Waals surface area contributed by atoms with Gasteiger partial charge >= 0.3 is 0 Å². The predicted octanol–water partition coefficient (Wildman–Crippen LogP) is 0.213. The molecule has 2 heterocycles. The van der Waals surface area contributed by atoms with Crippen molar-refractivity contribution in [3.8, 4) is 0 Å². The molecule has 0 bridgehead atoms. The number of anilines is 1. The number of nitrogen functional groups attached to an aromatic ring is 1. The minimum absolute atomic E-state index is 0.0524. The first-order valence-electron chi connectivity index (χ1n) is 6.07. The molecule has 0 saturated carbocycles. The van der Waals surface area contributed by atoms with Crippen molar-refractivity contribution in [1.29, 1.82) is 0 Å². The second-order valence-corrected chi connectivity index (χ2v) is 6.22. The van der Waals surface area contributed by atoms with Crippen molar-refractivity contribution < 1.29 is 13.2 Å². The molecule has 0 aliphatic carbocycles. The Balaban J connectivity index is 2.18. The highest BCUT2D eigenvalue weighted by molar-refractivity contribution is 7.89. The van der Waals surface area contributed by atoms with E-state index in [9.17, 15) is 8.42 Å². The van der Waals surface area contributed by atoms with E-state index in [0.29, 0.717) is 25.1 Å². The second-order valence-electron chi connectivity index (χ2n) is 4.54. The molecule has 0 spiro atoms. The van der Waals surface area contributed by atoms with Crippen LogP contribution in [0.5, 0.6) is 0 Å². The molecule has 7 nitrogen and oxygen atoms in total. The van der Waals surface area contributed by atoms with Crippen LogP contribution in [0.2, 0.25) is 0 Å². The summed E-state index contributed by atoms with van der Waals surface area (Å²) in [6, 6.07) is 1.39. The summed E-state index contributed by atoms with van der Waals surface area (Å²) in [4.78, 5) is 3.88. The molecule has 0 amide bonds. The SMILES string of the molecule is CC1CC(NS(=O)(=O)c2cnccc2NN)CCO1. The highest BCUT2D eigenvalue weighted by Gasteiger charge is 2.26. The second kappa shape index (κ2) is 5.83. The Bertz CT molecular complexity index is 534. The third-order valence-electron chi connectivity index (χ3n) is 3.04. The number of nitrogens with two attached hydrogens (primary N) is 1. The van der Waals surface area contributed by atoms with E-state index in [4.69, 9.17) is 10.6 Å². The van der Waals surface area contributed by atoms with Gasteiger partial charge in [0.15, 0.2) is 0 Å². The summed E-state index contributed by atoms with van der Waals surface area (Å²) in [6.45, 7) is 2.49. The fourth-order valence-electron chi connectivity index (χ4n) is 2.10. The fourth-order valence-corrected chi connectivity index (χ4v) is 3.50. The lowest BCUT2D eigenvalue weighted by Gasteiger charge is -2.27. The number of nitrogens with one attached hydrogen (secondary N) is 2. The van der Waals surface area contributed by atoms with Crippen molar-refractivity contribution in [2.75, 3.05) is 12.0 Å². The van der Waals surface area contributed by atoms with Crippen molar-refractivity contribution in [2.45, 2.75) is 36.8 Å². The van der Waals surface area contributed by atoms with Gasteiger partial charge in [0.2, 0.25) is 10.0 Å². The minimum Gasteiger partial charge on any atom is -0.378 e. The van der Waals surface area contributed by atoms with Crippen LogP contribution in [0, 0.1) is 0 Å². The zero-order chi connectivity index (χ0) is 13.9. The zero-order valence-corrected chi connectivity index (χ0v) is 11.5. The maximum atomic E-state index is 12.3. The molecule has 0 radical (unpaired) electrons. The smallest absolute Gasteiger partial charge is 0.244 e. The molecule has 2 rings (SSSR count). The summed E-state index contributed by atoms with van der Waals surface area (Å²) in [7, 11) is -3.64. The van der Waals surface area contributed by atoms with E-state index >= 15 is 0 Å². The molecular weight excluding hydrogens is 268 g/mol. The highest BCUT2D eigenvalue weighted by atomic mass is 32.2. The third-order valence-corrected chi connectivity index (χ3v) is 4.58. The number of hydrogen-bond acceptors (Lipinski definition) is 6. The quantitative estimate of drug-likeness (QED) is 0.540. The summed E-state index contributed by atoms with van der Waals surface area (Å²) >= 11 is 0. The van der Waals surface area contributed by atoms with Crippen LogP contribution in [0.25, 0.3) is 0 Å². The maximum absolute atomic E-state index is 12.3. The van der Waals surface area contributed by atoms with Gasteiger partial charge in [-0.25, -0.2) is 13.1 Å². The standard InChI is InChI=1S/C11H18N4O3S/c1-8-6-9(3-5-18-8)15-19(16,17)11-7-13-4-2-10(11)14-12/h2,4,7-9,15H,3,5-6,12H2,1H3,(H,13,14). The molecular formula is C11H18N4O3S. The van der Waals surface area contributed by atoms with Crippen LogP contribution in [0.15, 0.2) is 23.4 Å². The molecule has 4 N–H and O–H groups in total. The van der Waals surface area contributed by atoms with Crippen LogP contribution in [-0.4, -0.2) is 32.2 Å². The molecule has 8 heteroatoms. The normalized spacial score (nSPS) is 24.1. The number of aromatic nitrogens is 1. The summed E-state index contributed by atoms with van der Waals surface area (Å²) in [6.07, 6.45) is 4.13. The van der Waals surface area contributed by atoms with Gasteiger partial charge in [-0.3, -0.25) is 10.8 Å². The van der Waals surface area contributed by atoms with Gasteiger partial charge in [0.05, 0.1) is 11.8 Å². The van der Waals surface area contributed by atoms with Crippen LogP contribution in [0.4, 0.5) is 5.69 Å². The van der Waals surface area contributed by atoms with Crippen LogP contribution < -0.4 is 16.0 Å². The monoisotopic (exact) mass is 286 g/mol. The highest BCUT2D eigenvalue weighted by Crippen LogP contribution is 2.21. The fraction of sp³-hybridized carbons (Fsp3) is 0.545. The molecule has 19 heavy (non-hydrogen) atoms. The summed E-state index contributed by atoms with van der Waals surface area (Å²) < 4.78 is 32.7.